The van der Waals surface area contributed by atoms with Crippen LogP contribution in [0.5, 0.6) is 0 Å². The molecule has 0 amide bonds. The molecule has 0 aliphatic carbocycles. The zero-order valence-corrected chi connectivity index (χ0v) is 12.3. The van der Waals surface area contributed by atoms with E-state index in [1.54, 1.807) is 0 Å². The van der Waals surface area contributed by atoms with E-state index >= 15 is 0 Å². The van der Waals surface area contributed by atoms with Crippen molar-refractivity contribution in [3.63, 3.8) is 0 Å². The van der Waals surface area contributed by atoms with Crippen LogP contribution in [0.4, 0.5) is 0 Å². The van der Waals surface area contributed by atoms with Gasteiger partial charge in [-0.1, -0.05) is 25.1 Å². The smallest absolute Gasteiger partial charge is 0.109 e. The number of hydrogen-bond donors (Lipinski definition) is 0. The summed E-state index contributed by atoms with van der Waals surface area (Å²) in [6, 6.07) is 16.3. The Hall–Kier alpha value is -2.60. The van der Waals surface area contributed by atoms with Crippen LogP contribution in [0.3, 0.4) is 0 Å². The molecule has 0 unspecified atom stereocenters. The number of nitrogens with zero attached hydrogens (tertiary/aromatic N) is 3. The maximum atomic E-state index is 8.97. The molecule has 0 saturated carbocycles. The van der Waals surface area contributed by atoms with Gasteiger partial charge in [0.15, 0.2) is 0 Å². The zero-order chi connectivity index (χ0) is 14.8. The highest BCUT2D eigenvalue weighted by atomic mass is 15.1. The van der Waals surface area contributed by atoms with Gasteiger partial charge in [-0.25, -0.2) is 4.98 Å². The first-order valence-electron chi connectivity index (χ1n) is 7.16. The average molecular weight is 275 g/mol. The van der Waals surface area contributed by atoms with Crippen molar-refractivity contribution in [3.05, 3.63) is 65.0 Å². The van der Waals surface area contributed by atoms with E-state index in [1.165, 1.54) is 5.56 Å². The third-order valence-electron chi connectivity index (χ3n) is 3.85. The van der Waals surface area contributed by atoms with Gasteiger partial charge in [0.2, 0.25) is 0 Å². The van der Waals surface area contributed by atoms with E-state index < -0.39 is 0 Å². The molecule has 0 N–H and O–H groups in total. The Kier molecular flexibility index (Phi) is 3.45. The molecule has 3 rings (SSSR count). The number of para-hydroxylation sites is 2. The summed E-state index contributed by atoms with van der Waals surface area (Å²) in [7, 11) is 0. The highest BCUT2D eigenvalue weighted by Crippen LogP contribution is 2.20. The van der Waals surface area contributed by atoms with Crippen LogP contribution in [0, 0.1) is 18.3 Å². The quantitative estimate of drug-likeness (QED) is 0.729. The van der Waals surface area contributed by atoms with Crippen molar-refractivity contribution in [1.82, 2.24) is 9.55 Å². The van der Waals surface area contributed by atoms with Crippen molar-refractivity contribution in [3.8, 4) is 6.07 Å². The fraction of sp³-hybridized carbons (Fsp3) is 0.222. The number of fused-ring (bicyclic) bond motifs is 1. The first-order chi connectivity index (χ1) is 10.2. The zero-order valence-electron chi connectivity index (χ0n) is 12.3. The molecule has 3 aromatic rings. The van der Waals surface area contributed by atoms with E-state index in [0.29, 0.717) is 5.56 Å². The lowest BCUT2D eigenvalue weighted by Gasteiger charge is -2.11. The molecule has 0 aliphatic heterocycles. The molecule has 3 heteroatoms. The Morgan fingerprint density at radius 1 is 1.19 bits per heavy atom. The molecule has 104 valence electrons. The minimum atomic E-state index is 0.711. The average Bonchev–Trinajstić information content (AvgIpc) is 2.87. The molecule has 1 aromatic heterocycles. The van der Waals surface area contributed by atoms with Gasteiger partial charge in [-0.05, 0) is 42.3 Å². The minimum Gasteiger partial charge on any atom is -0.323 e. The molecule has 0 radical (unpaired) electrons. The van der Waals surface area contributed by atoms with Crippen LogP contribution in [0.15, 0.2) is 42.5 Å². The predicted octanol–water partition coefficient (Wildman–Crippen LogP) is 3.83. The van der Waals surface area contributed by atoms with Crippen LogP contribution in [-0.4, -0.2) is 9.55 Å². The SMILES string of the molecule is CCc1nc2ccccc2n1Cc1ccc(C#N)cc1C. The lowest BCUT2D eigenvalue weighted by Crippen LogP contribution is -2.05. The largest absolute Gasteiger partial charge is 0.323 e. The number of hydrogen-bond acceptors (Lipinski definition) is 2. The van der Waals surface area contributed by atoms with Crippen LogP contribution < -0.4 is 0 Å². The predicted molar refractivity (Wildman–Crippen MR) is 84.1 cm³/mol. The number of benzene rings is 2. The van der Waals surface area contributed by atoms with Gasteiger partial charge in [-0.2, -0.15) is 5.26 Å². The maximum absolute atomic E-state index is 8.97. The Morgan fingerprint density at radius 3 is 2.71 bits per heavy atom. The lowest BCUT2D eigenvalue weighted by atomic mass is 10.1. The van der Waals surface area contributed by atoms with Gasteiger partial charge in [-0.15, -0.1) is 0 Å². The minimum absolute atomic E-state index is 0.711. The molecule has 2 aromatic carbocycles. The van der Waals surface area contributed by atoms with Crippen molar-refractivity contribution in [2.45, 2.75) is 26.8 Å². The molecule has 0 spiro atoms. The summed E-state index contributed by atoms with van der Waals surface area (Å²) >= 11 is 0. The Labute approximate surface area is 124 Å². The van der Waals surface area contributed by atoms with E-state index in [2.05, 4.69) is 36.6 Å². The molecular formula is C18H17N3. The summed E-state index contributed by atoms with van der Waals surface area (Å²) in [4.78, 5) is 4.70. The molecule has 0 saturated heterocycles. The van der Waals surface area contributed by atoms with Crippen LogP contribution in [0.25, 0.3) is 11.0 Å². The van der Waals surface area contributed by atoms with Gasteiger partial charge in [-0.3, -0.25) is 0 Å². The van der Waals surface area contributed by atoms with Gasteiger partial charge < -0.3 is 4.57 Å². The first-order valence-corrected chi connectivity index (χ1v) is 7.16. The molecule has 0 bridgehead atoms. The van der Waals surface area contributed by atoms with Crippen molar-refractivity contribution in [2.75, 3.05) is 0 Å². The molecule has 3 nitrogen and oxygen atoms in total. The number of nitriles is 1. The van der Waals surface area contributed by atoms with Gasteiger partial charge in [0.25, 0.3) is 0 Å². The Balaban J connectivity index is 2.07. The second-order valence-electron chi connectivity index (χ2n) is 5.21. The summed E-state index contributed by atoms with van der Waals surface area (Å²) in [6.45, 7) is 4.98. The van der Waals surface area contributed by atoms with Crippen molar-refractivity contribution in [1.29, 1.82) is 5.26 Å². The summed E-state index contributed by atoms with van der Waals surface area (Å²) in [5, 5.41) is 8.97. The summed E-state index contributed by atoms with van der Waals surface area (Å²) < 4.78 is 2.27. The fourth-order valence-electron chi connectivity index (χ4n) is 2.68. The van der Waals surface area contributed by atoms with Crippen LogP contribution in [0.2, 0.25) is 0 Å². The normalized spacial score (nSPS) is 10.7. The monoisotopic (exact) mass is 275 g/mol. The highest BCUT2D eigenvalue weighted by Gasteiger charge is 2.10. The van der Waals surface area contributed by atoms with Gasteiger partial charge in [0.05, 0.1) is 22.7 Å². The summed E-state index contributed by atoms with van der Waals surface area (Å²) in [5.41, 5.74) is 5.29. The fourth-order valence-corrected chi connectivity index (χ4v) is 2.68. The topological polar surface area (TPSA) is 41.6 Å². The maximum Gasteiger partial charge on any atom is 0.109 e. The molecule has 0 aliphatic rings. The number of aromatic nitrogens is 2. The first kappa shape index (κ1) is 13.4. The lowest BCUT2D eigenvalue weighted by molar-refractivity contribution is 0.749. The second-order valence-corrected chi connectivity index (χ2v) is 5.21. The number of rotatable bonds is 3. The van der Waals surface area contributed by atoms with Gasteiger partial charge >= 0.3 is 0 Å². The third-order valence-corrected chi connectivity index (χ3v) is 3.85. The van der Waals surface area contributed by atoms with E-state index in [1.807, 2.05) is 30.3 Å². The van der Waals surface area contributed by atoms with Gasteiger partial charge in [0, 0.05) is 13.0 Å². The summed E-state index contributed by atoms with van der Waals surface area (Å²) in [5.74, 6) is 1.10. The van der Waals surface area contributed by atoms with Crippen LogP contribution in [-0.2, 0) is 13.0 Å². The summed E-state index contributed by atoms with van der Waals surface area (Å²) in [6.07, 6.45) is 0.907. The van der Waals surface area contributed by atoms with Crippen LogP contribution >= 0.6 is 0 Å². The molecule has 0 atom stereocenters. The van der Waals surface area contributed by atoms with E-state index in [-0.39, 0.29) is 0 Å². The van der Waals surface area contributed by atoms with E-state index in [9.17, 15) is 0 Å². The van der Waals surface area contributed by atoms with Gasteiger partial charge in [0.1, 0.15) is 5.82 Å². The van der Waals surface area contributed by atoms with Crippen LogP contribution in [0.1, 0.15) is 29.4 Å². The molecular weight excluding hydrogens is 258 g/mol. The van der Waals surface area contributed by atoms with Crippen molar-refractivity contribution >= 4 is 11.0 Å². The Bertz CT molecular complexity index is 837. The van der Waals surface area contributed by atoms with Crippen molar-refractivity contribution in [2.24, 2.45) is 0 Å². The molecule has 1 heterocycles. The number of imidazole rings is 1. The highest BCUT2D eigenvalue weighted by molar-refractivity contribution is 5.76. The Morgan fingerprint density at radius 2 is 2.00 bits per heavy atom. The number of aryl methyl sites for hydroxylation is 2. The van der Waals surface area contributed by atoms with E-state index in [0.717, 1.165) is 35.4 Å². The molecule has 21 heavy (non-hydrogen) atoms. The second kappa shape index (κ2) is 5.41. The van der Waals surface area contributed by atoms with E-state index in [4.69, 9.17) is 10.2 Å². The third kappa shape index (κ3) is 2.41. The standard InChI is InChI=1S/C18H17N3/c1-3-18-20-16-6-4-5-7-17(16)21(18)12-15-9-8-14(11-19)10-13(15)2/h4-10H,3,12H2,1-2H3. The van der Waals surface area contributed by atoms with Crippen molar-refractivity contribution < 1.29 is 0 Å². The molecule has 0 fully saturated rings.